The molecule has 0 unspecified atom stereocenters. The molecule has 1 saturated heterocycles. The number of rotatable bonds is 7. The molecule has 25 heavy (non-hydrogen) atoms. The van der Waals surface area contributed by atoms with Crippen LogP contribution in [0.25, 0.3) is 0 Å². The summed E-state index contributed by atoms with van der Waals surface area (Å²) in [4.78, 5) is 12.4. The van der Waals surface area contributed by atoms with Gasteiger partial charge in [0.05, 0.1) is 13.7 Å². The first-order chi connectivity index (χ1) is 11.9. The second-order valence-electron chi connectivity index (χ2n) is 6.16. The summed E-state index contributed by atoms with van der Waals surface area (Å²) >= 11 is 0. The molecule has 1 N–H and O–H groups in total. The van der Waals surface area contributed by atoms with Crippen LogP contribution in [0.2, 0.25) is 0 Å². The molecule has 2 rings (SSSR count). The molecule has 0 aromatic heterocycles. The third kappa shape index (κ3) is 4.71. The lowest BCUT2D eigenvalue weighted by atomic mass is 10.2. The van der Waals surface area contributed by atoms with Crippen LogP contribution in [0.3, 0.4) is 0 Å². The van der Waals surface area contributed by atoms with E-state index in [1.165, 1.54) is 23.5 Å². The fourth-order valence-electron chi connectivity index (χ4n) is 2.86. The van der Waals surface area contributed by atoms with Crippen molar-refractivity contribution in [2.75, 3.05) is 33.9 Å². The van der Waals surface area contributed by atoms with Crippen LogP contribution in [0.4, 0.5) is 0 Å². The molecule has 1 amide bonds. The van der Waals surface area contributed by atoms with E-state index in [1.807, 2.05) is 6.92 Å². The summed E-state index contributed by atoms with van der Waals surface area (Å²) in [5.74, 6) is -0.102. The first kappa shape index (κ1) is 19.7. The van der Waals surface area contributed by atoms with Crippen LogP contribution in [0.5, 0.6) is 5.75 Å². The van der Waals surface area contributed by atoms with Crippen molar-refractivity contribution in [1.82, 2.24) is 9.62 Å². The number of hydrogen-bond acceptors (Lipinski definition) is 5. The SMILES string of the molecule is COC[C@H](C)NC(=O)c1ccc(OC)c(S(=O)(=O)N2CCCCC2)c1. The fraction of sp³-hybridized carbons (Fsp3) is 0.588. The summed E-state index contributed by atoms with van der Waals surface area (Å²) in [5, 5.41) is 2.78. The topological polar surface area (TPSA) is 84.9 Å². The van der Waals surface area contributed by atoms with E-state index in [0.717, 1.165) is 19.3 Å². The number of hydrogen-bond donors (Lipinski definition) is 1. The Morgan fingerprint density at radius 3 is 2.52 bits per heavy atom. The summed E-state index contributed by atoms with van der Waals surface area (Å²) in [6.45, 7) is 3.18. The van der Waals surface area contributed by atoms with Gasteiger partial charge in [0.2, 0.25) is 10.0 Å². The van der Waals surface area contributed by atoms with Gasteiger partial charge in [0.25, 0.3) is 5.91 Å². The van der Waals surface area contributed by atoms with Crippen molar-refractivity contribution in [3.05, 3.63) is 23.8 Å². The number of carbonyl (C=O) groups excluding carboxylic acids is 1. The molecule has 1 atom stereocenters. The average Bonchev–Trinajstić information content (AvgIpc) is 2.62. The summed E-state index contributed by atoms with van der Waals surface area (Å²) in [6, 6.07) is 4.29. The highest BCUT2D eigenvalue weighted by atomic mass is 32.2. The Morgan fingerprint density at radius 2 is 1.92 bits per heavy atom. The highest BCUT2D eigenvalue weighted by Gasteiger charge is 2.29. The molecule has 1 heterocycles. The molecule has 0 bridgehead atoms. The highest BCUT2D eigenvalue weighted by molar-refractivity contribution is 7.89. The lowest BCUT2D eigenvalue weighted by Crippen LogP contribution is -2.37. The van der Waals surface area contributed by atoms with Gasteiger partial charge in [0, 0.05) is 31.8 Å². The molecular weight excluding hydrogens is 344 g/mol. The van der Waals surface area contributed by atoms with E-state index >= 15 is 0 Å². The molecule has 1 aromatic rings. The minimum Gasteiger partial charge on any atom is -0.495 e. The van der Waals surface area contributed by atoms with E-state index < -0.39 is 10.0 Å². The monoisotopic (exact) mass is 370 g/mol. The van der Waals surface area contributed by atoms with Gasteiger partial charge in [-0.25, -0.2) is 8.42 Å². The molecule has 7 nitrogen and oxygen atoms in total. The number of nitrogens with zero attached hydrogens (tertiary/aromatic N) is 1. The lowest BCUT2D eigenvalue weighted by Gasteiger charge is -2.26. The van der Waals surface area contributed by atoms with Gasteiger partial charge in [-0.05, 0) is 38.0 Å². The number of ether oxygens (including phenoxy) is 2. The second-order valence-corrected chi connectivity index (χ2v) is 8.07. The van der Waals surface area contributed by atoms with E-state index in [9.17, 15) is 13.2 Å². The number of sulfonamides is 1. The van der Waals surface area contributed by atoms with Crippen molar-refractivity contribution in [3.8, 4) is 5.75 Å². The summed E-state index contributed by atoms with van der Waals surface area (Å²) in [5.41, 5.74) is 0.277. The normalized spacial score (nSPS) is 17.1. The van der Waals surface area contributed by atoms with Crippen molar-refractivity contribution in [2.24, 2.45) is 0 Å². The molecule has 1 aliphatic heterocycles. The maximum absolute atomic E-state index is 13.0. The van der Waals surface area contributed by atoms with Gasteiger partial charge in [-0.3, -0.25) is 4.79 Å². The van der Waals surface area contributed by atoms with Crippen molar-refractivity contribution in [3.63, 3.8) is 0 Å². The minimum absolute atomic E-state index is 0.0314. The molecular formula is C17H26N2O5S. The largest absolute Gasteiger partial charge is 0.495 e. The van der Waals surface area contributed by atoms with E-state index in [2.05, 4.69) is 5.32 Å². The molecule has 140 valence electrons. The van der Waals surface area contributed by atoms with Crippen LogP contribution in [0.15, 0.2) is 23.1 Å². The first-order valence-corrected chi connectivity index (χ1v) is 9.82. The average molecular weight is 370 g/mol. The smallest absolute Gasteiger partial charge is 0.251 e. The maximum Gasteiger partial charge on any atom is 0.251 e. The number of benzene rings is 1. The van der Waals surface area contributed by atoms with Crippen LogP contribution in [-0.4, -0.2) is 58.6 Å². The van der Waals surface area contributed by atoms with Crippen molar-refractivity contribution in [1.29, 1.82) is 0 Å². The molecule has 0 spiro atoms. The van der Waals surface area contributed by atoms with E-state index in [1.54, 1.807) is 13.2 Å². The van der Waals surface area contributed by atoms with Gasteiger partial charge < -0.3 is 14.8 Å². The zero-order valence-corrected chi connectivity index (χ0v) is 15.8. The van der Waals surface area contributed by atoms with Crippen LogP contribution in [0.1, 0.15) is 36.5 Å². The van der Waals surface area contributed by atoms with Gasteiger partial charge >= 0.3 is 0 Å². The predicted octanol–water partition coefficient (Wildman–Crippen LogP) is 1.63. The zero-order chi connectivity index (χ0) is 18.4. The van der Waals surface area contributed by atoms with Gasteiger partial charge in [-0.15, -0.1) is 0 Å². The minimum atomic E-state index is -3.70. The Morgan fingerprint density at radius 1 is 1.24 bits per heavy atom. The summed E-state index contributed by atoms with van der Waals surface area (Å²) < 4.78 is 37.6. The Kier molecular flexibility index (Phi) is 6.80. The van der Waals surface area contributed by atoms with Gasteiger partial charge in [-0.1, -0.05) is 6.42 Å². The van der Waals surface area contributed by atoms with Crippen LogP contribution < -0.4 is 10.1 Å². The van der Waals surface area contributed by atoms with E-state index in [-0.39, 0.29) is 28.2 Å². The predicted molar refractivity (Wildman–Crippen MR) is 94.4 cm³/mol. The standard InChI is InChI=1S/C17H26N2O5S/c1-13(12-23-2)18-17(20)14-7-8-15(24-3)16(11-14)25(21,22)19-9-5-4-6-10-19/h7-8,11,13H,4-6,9-10,12H2,1-3H3,(H,18,20)/t13-/m0/s1. The fourth-order valence-corrected chi connectivity index (χ4v) is 4.56. The van der Waals surface area contributed by atoms with Crippen LogP contribution in [0, 0.1) is 0 Å². The Bertz CT molecular complexity index is 699. The number of carbonyl (C=O) groups is 1. The van der Waals surface area contributed by atoms with Crippen molar-refractivity contribution < 1.29 is 22.7 Å². The first-order valence-electron chi connectivity index (χ1n) is 8.38. The quantitative estimate of drug-likeness (QED) is 0.789. The number of piperidine rings is 1. The molecule has 1 aromatic carbocycles. The molecule has 8 heteroatoms. The van der Waals surface area contributed by atoms with E-state index in [0.29, 0.717) is 19.7 Å². The van der Waals surface area contributed by atoms with E-state index in [4.69, 9.17) is 9.47 Å². The maximum atomic E-state index is 13.0. The molecule has 0 saturated carbocycles. The summed E-state index contributed by atoms with van der Waals surface area (Å²) in [6.07, 6.45) is 2.72. The van der Waals surface area contributed by atoms with Gasteiger partial charge in [0.15, 0.2) is 0 Å². The number of methoxy groups -OCH3 is 2. The van der Waals surface area contributed by atoms with Crippen molar-refractivity contribution in [2.45, 2.75) is 37.1 Å². The van der Waals surface area contributed by atoms with Crippen LogP contribution in [-0.2, 0) is 14.8 Å². The Balaban J connectivity index is 2.32. The molecule has 1 aliphatic rings. The number of amides is 1. The third-order valence-electron chi connectivity index (χ3n) is 4.15. The number of nitrogens with one attached hydrogen (secondary N) is 1. The molecule has 0 aliphatic carbocycles. The Hall–Kier alpha value is -1.64. The van der Waals surface area contributed by atoms with Gasteiger partial charge in [-0.2, -0.15) is 4.31 Å². The Labute approximate surface area is 149 Å². The zero-order valence-electron chi connectivity index (χ0n) is 14.9. The highest BCUT2D eigenvalue weighted by Crippen LogP contribution is 2.29. The second kappa shape index (κ2) is 8.64. The van der Waals surface area contributed by atoms with Crippen molar-refractivity contribution >= 4 is 15.9 Å². The third-order valence-corrected chi connectivity index (χ3v) is 6.07. The van der Waals surface area contributed by atoms with Gasteiger partial charge in [0.1, 0.15) is 10.6 Å². The molecule has 1 fully saturated rings. The molecule has 0 radical (unpaired) electrons. The lowest BCUT2D eigenvalue weighted by molar-refractivity contribution is 0.0905. The van der Waals surface area contributed by atoms with Crippen LogP contribution >= 0.6 is 0 Å². The summed E-state index contributed by atoms with van der Waals surface area (Å²) in [7, 11) is -0.719.